The van der Waals surface area contributed by atoms with Gasteiger partial charge in [0.05, 0.1) is 17.1 Å². The molecule has 130 valence electrons. The van der Waals surface area contributed by atoms with Crippen LogP contribution in [0.3, 0.4) is 0 Å². The molecule has 0 radical (unpaired) electrons. The molecule has 0 saturated carbocycles. The van der Waals surface area contributed by atoms with Crippen molar-refractivity contribution in [3.05, 3.63) is 51.7 Å². The summed E-state index contributed by atoms with van der Waals surface area (Å²) >= 11 is 8.82. The molecular weight excluding hydrogens is 378 g/mol. The van der Waals surface area contributed by atoms with Crippen LogP contribution in [0.15, 0.2) is 34.2 Å². The van der Waals surface area contributed by atoms with Gasteiger partial charge in [0.25, 0.3) is 0 Å². The van der Waals surface area contributed by atoms with Crippen molar-refractivity contribution in [2.45, 2.75) is 19.6 Å². The molecule has 1 N–H and O–H groups in total. The second kappa shape index (κ2) is 8.03. The van der Waals surface area contributed by atoms with Crippen molar-refractivity contribution in [1.29, 1.82) is 0 Å². The summed E-state index contributed by atoms with van der Waals surface area (Å²) in [6, 6.07) is 7.45. The van der Waals surface area contributed by atoms with Crippen LogP contribution in [0.1, 0.15) is 17.0 Å². The van der Waals surface area contributed by atoms with Crippen molar-refractivity contribution in [3.63, 3.8) is 0 Å². The number of thiazole rings is 1. The fraction of sp³-hybridized carbons (Fsp3) is 0.235. The minimum Gasteiger partial charge on any atom is -0.361 e. The number of nitrogens with zero attached hydrogens (tertiary/aromatic N) is 2. The van der Waals surface area contributed by atoms with Crippen LogP contribution in [-0.4, -0.2) is 21.8 Å². The number of nitrogens with one attached hydrogen (secondary N) is 1. The van der Waals surface area contributed by atoms with E-state index >= 15 is 0 Å². The summed E-state index contributed by atoms with van der Waals surface area (Å²) in [6.45, 7) is 3.78. The highest BCUT2D eigenvalue weighted by atomic mass is 35.5. The minimum absolute atomic E-state index is 0.0752. The van der Waals surface area contributed by atoms with E-state index in [0.29, 0.717) is 21.7 Å². The van der Waals surface area contributed by atoms with Gasteiger partial charge in [0.15, 0.2) is 5.13 Å². The quantitative estimate of drug-likeness (QED) is 0.642. The van der Waals surface area contributed by atoms with Gasteiger partial charge in [-0.2, -0.15) is 0 Å². The Kier molecular flexibility index (Phi) is 5.78. The molecule has 2 heterocycles. The SMILES string of the molecule is Cc1noc(C)c1CSCC(=O)Nc1nc(-c2ccc(Cl)cc2)cs1. The molecule has 3 aromatic rings. The van der Waals surface area contributed by atoms with Crippen molar-refractivity contribution < 1.29 is 9.32 Å². The summed E-state index contributed by atoms with van der Waals surface area (Å²) in [5, 5.41) is 9.93. The Morgan fingerprint density at radius 2 is 2.08 bits per heavy atom. The van der Waals surface area contributed by atoms with Crippen molar-refractivity contribution >= 4 is 45.7 Å². The fourth-order valence-electron chi connectivity index (χ4n) is 2.19. The molecule has 1 aromatic carbocycles. The molecule has 25 heavy (non-hydrogen) atoms. The lowest BCUT2D eigenvalue weighted by Gasteiger charge is -2.02. The number of hydrogen-bond acceptors (Lipinski definition) is 6. The van der Waals surface area contributed by atoms with Gasteiger partial charge in [-0.15, -0.1) is 23.1 Å². The lowest BCUT2D eigenvalue weighted by atomic mass is 10.2. The van der Waals surface area contributed by atoms with Crippen LogP contribution < -0.4 is 5.32 Å². The number of anilines is 1. The van der Waals surface area contributed by atoms with Gasteiger partial charge in [-0.3, -0.25) is 4.79 Å². The van der Waals surface area contributed by atoms with E-state index in [1.807, 2.05) is 43.5 Å². The molecule has 0 aliphatic carbocycles. The van der Waals surface area contributed by atoms with Crippen molar-refractivity contribution in [1.82, 2.24) is 10.1 Å². The van der Waals surface area contributed by atoms with Gasteiger partial charge < -0.3 is 9.84 Å². The normalized spacial score (nSPS) is 10.8. The van der Waals surface area contributed by atoms with E-state index in [1.165, 1.54) is 23.1 Å². The van der Waals surface area contributed by atoms with Crippen LogP contribution in [-0.2, 0) is 10.5 Å². The molecule has 5 nitrogen and oxygen atoms in total. The summed E-state index contributed by atoms with van der Waals surface area (Å²) < 4.78 is 5.12. The van der Waals surface area contributed by atoms with E-state index in [2.05, 4.69) is 15.5 Å². The summed E-state index contributed by atoms with van der Waals surface area (Å²) in [4.78, 5) is 16.5. The Bertz CT molecular complexity index is 855. The maximum Gasteiger partial charge on any atom is 0.236 e. The minimum atomic E-state index is -0.0752. The lowest BCUT2D eigenvalue weighted by molar-refractivity contribution is -0.113. The molecule has 0 bridgehead atoms. The number of carbonyl (C=O) groups is 1. The standard InChI is InChI=1S/C17H16ClN3O2S2/c1-10-14(11(2)23-21-10)7-24-9-16(22)20-17-19-15(8-25-17)12-3-5-13(18)6-4-12/h3-6,8H,7,9H2,1-2H3,(H,19,20,22). The van der Waals surface area contributed by atoms with Gasteiger partial charge in [0, 0.05) is 27.3 Å². The van der Waals surface area contributed by atoms with Gasteiger partial charge in [-0.25, -0.2) is 4.98 Å². The first kappa shape index (κ1) is 18.0. The van der Waals surface area contributed by atoms with Gasteiger partial charge in [0.2, 0.25) is 5.91 Å². The van der Waals surface area contributed by atoms with E-state index < -0.39 is 0 Å². The fourth-order valence-corrected chi connectivity index (χ4v) is 4.03. The Morgan fingerprint density at radius 1 is 1.32 bits per heavy atom. The van der Waals surface area contributed by atoms with Crippen LogP contribution in [0.2, 0.25) is 5.02 Å². The highest BCUT2D eigenvalue weighted by Crippen LogP contribution is 2.26. The third-order valence-electron chi connectivity index (χ3n) is 3.55. The Hall–Kier alpha value is -1.83. The Balaban J connectivity index is 1.52. The number of rotatable bonds is 6. The third kappa shape index (κ3) is 4.62. The molecule has 0 aliphatic heterocycles. The lowest BCUT2D eigenvalue weighted by Crippen LogP contribution is -2.14. The zero-order valence-corrected chi connectivity index (χ0v) is 16.1. The topological polar surface area (TPSA) is 68.0 Å². The molecule has 1 amide bonds. The number of benzene rings is 1. The van der Waals surface area contributed by atoms with E-state index in [1.54, 1.807) is 0 Å². The van der Waals surface area contributed by atoms with Crippen molar-refractivity contribution in [3.8, 4) is 11.3 Å². The average molecular weight is 394 g/mol. The molecular formula is C17H16ClN3O2S2. The molecule has 0 spiro atoms. The number of aromatic nitrogens is 2. The maximum absolute atomic E-state index is 12.1. The first-order valence-corrected chi connectivity index (χ1v) is 9.95. The molecule has 0 aliphatic rings. The van der Waals surface area contributed by atoms with E-state index in [-0.39, 0.29) is 5.91 Å². The predicted molar refractivity (Wildman–Crippen MR) is 103 cm³/mol. The van der Waals surface area contributed by atoms with Crippen LogP contribution in [0.4, 0.5) is 5.13 Å². The van der Waals surface area contributed by atoms with Crippen LogP contribution in [0, 0.1) is 13.8 Å². The Morgan fingerprint density at radius 3 is 2.76 bits per heavy atom. The molecule has 0 fully saturated rings. The molecule has 0 atom stereocenters. The predicted octanol–water partition coefficient (Wildman–Crippen LogP) is 4.94. The molecule has 0 unspecified atom stereocenters. The molecule has 8 heteroatoms. The first-order chi connectivity index (χ1) is 12.0. The van der Waals surface area contributed by atoms with Gasteiger partial charge in [-0.05, 0) is 26.0 Å². The van der Waals surface area contributed by atoms with Crippen LogP contribution in [0.5, 0.6) is 0 Å². The number of halogens is 1. The molecule has 2 aromatic heterocycles. The van der Waals surface area contributed by atoms with E-state index in [0.717, 1.165) is 28.3 Å². The number of hydrogen-bond donors (Lipinski definition) is 1. The number of aryl methyl sites for hydroxylation is 2. The highest BCUT2D eigenvalue weighted by Gasteiger charge is 2.11. The van der Waals surface area contributed by atoms with Crippen molar-refractivity contribution in [2.24, 2.45) is 0 Å². The third-order valence-corrected chi connectivity index (χ3v) is 5.52. The van der Waals surface area contributed by atoms with Gasteiger partial charge in [0.1, 0.15) is 5.76 Å². The summed E-state index contributed by atoms with van der Waals surface area (Å²) in [6.07, 6.45) is 0. The summed E-state index contributed by atoms with van der Waals surface area (Å²) in [5.74, 6) is 1.77. The second-order valence-corrected chi connectivity index (χ2v) is 7.67. The second-order valence-electron chi connectivity index (χ2n) is 5.39. The smallest absolute Gasteiger partial charge is 0.236 e. The van der Waals surface area contributed by atoms with Crippen LogP contribution >= 0.6 is 34.7 Å². The molecule has 3 rings (SSSR count). The van der Waals surface area contributed by atoms with Gasteiger partial charge in [-0.1, -0.05) is 28.9 Å². The van der Waals surface area contributed by atoms with E-state index in [4.69, 9.17) is 16.1 Å². The highest BCUT2D eigenvalue weighted by molar-refractivity contribution is 7.99. The zero-order valence-electron chi connectivity index (χ0n) is 13.7. The largest absolute Gasteiger partial charge is 0.361 e. The van der Waals surface area contributed by atoms with Crippen LogP contribution in [0.25, 0.3) is 11.3 Å². The average Bonchev–Trinajstić information content (AvgIpc) is 3.17. The van der Waals surface area contributed by atoms with Gasteiger partial charge >= 0.3 is 0 Å². The van der Waals surface area contributed by atoms with Crippen molar-refractivity contribution in [2.75, 3.05) is 11.1 Å². The monoisotopic (exact) mass is 393 g/mol. The Labute approximate surface area is 158 Å². The zero-order chi connectivity index (χ0) is 17.8. The summed E-state index contributed by atoms with van der Waals surface area (Å²) in [7, 11) is 0. The molecule has 0 saturated heterocycles. The number of amides is 1. The maximum atomic E-state index is 12.1. The number of carbonyl (C=O) groups excluding carboxylic acids is 1. The number of thioether (sulfide) groups is 1. The van der Waals surface area contributed by atoms with E-state index in [9.17, 15) is 4.79 Å². The first-order valence-electron chi connectivity index (χ1n) is 7.53. The summed E-state index contributed by atoms with van der Waals surface area (Å²) in [5.41, 5.74) is 3.71.